The van der Waals surface area contributed by atoms with Gasteiger partial charge in [0, 0.05) is 31.9 Å². The Hall–Kier alpha value is -3.27. The highest BCUT2D eigenvalue weighted by Gasteiger charge is 2.29. The van der Waals surface area contributed by atoms with Gasteiger partial charge < -0.3 is 9.30 Å². The van der Waals surface area contributed by atoms with E-state index in [-0.39, 0.29) is 23.0 Å². The fourth-order valence-corrected chi connectivity index (χ4v) is 5.87. The highest BCUT2D eigenvalue weighted by molar-refractivity contribution is 7.89. The Balaban J connectivity index is 1.59. The summed E-state index contributed by atoms with van der Waals surface area (Å²) in [4.78, 5) is 30.7. The van der Waals surface area contributed by atoms with Gasteiger partial charge in [-0.25, -0.2) is 18.2 Å². The van der Waals surface area contributed by atoms with Gasteiger partial charge in [0.25, 0.3) is 5.56 Å². The molecule has 0 N–H and O–H groups in total. The van der Waals surface area contributed by atoms with Crippen LogP contribution in [-0.2, 0) is 27.8 Å². The van der Waals surface area contributed by atoms with Gasteiger partial charge in [-0.2, -0.15) is 9.57 Å². The number of aryl methyl sites for hydroxylation is 1. The molecule has 3 heterocycles. The van der Waals surface area contributed by atoms with Gasteiger partial charge in [0.15, 0.2) is 0 Å². The van der Waals surface area contributed by atoms with Crippen LogP contribution in [0.2, 0.25) is 0 Å². The van der Waals surface area contributed by atoms with Gasteiger partial charge >= 0.3 is 5.69 Å². The number of nitriles is 1. The molecule has 0 unspecified atom stereocenters. The van der Waals surface area contributed by atoms with Crippen molar-refractivity contribution in [3.63, 3.8) is 0 Å². The second kappa shape index (κ2) is 9.07. The van der Waals surface area contributed by atoms with Crippen molar-refractivity contribution in [3.05, 3.63) is 56.6 Å². The van der Waals surface area contributed by atoms with E-state index >= 15 is 0 Å². The molecular formula is C23H26N6O5S. The Bertz CT molecular complexity index is 1550. The highest BCUT2D eigenvalue weighted by atomic mass is 32.2. The first-order valence-corrected chi connectivity index (χ1v) is 13.1. The van der Waals surface area contributed by atoms with E-state index in [9.17, 15) is 23.3 Å². The quantitative estimate of drug-likeness (QED) is 0.475. The van der Waals surface area contributed by atoms with Crippen LogP contribution in [0.3, 0.4) is 0 Å². The number of fused-ring (bicyclic) bond motifs is 1. The minimum absolute atomic E-state index is 0.00358. The van der Waals surface area contributed by atoms with Crippen molar-refractivity contribution in [2.24, 2.45) is 0 Å². The van der Waals surface area contributed by atoms with Gasteiger partial charge in [0.2, 0.25) is 10.0 Å². The van der Waals surface area contributed by atoms with Gasteiger partial charge in [0.1, 0.15) is 17.5 Å². The van der Waals surface area contributed by atoms with Crippen molar-refractivity contribution < 1.29 is 13.2 Å². The lowest BCUT2D eigenvalue weighted by Gasteiger charge is -2.26. The summed E-state index contributed by atoms with van der Waals surface area (Å²) in [6, 6.07) is 6.71. The molecule has 0 spiro atoms. The zero-order valence-corrected chi connectivity index (χ0v) is 20.2. The predicted molar refractivity (Wildman–Crippen MR) is 127 cm³/mol. The summed E-state index contributed by atoms with van der Waals surface area (Å²) < 4.78 is 37.3. The van der Waals surface area contributed by atoms with Crippen molar-refractivity contribution in [2.75, 3.05) is 26.3 Å². The fourth-order valence-electron chi connectivity index (χ4n) is 4.44. The maximum atomic E-state index is 13.1. The second-order valence-corrected chi connectivity index (χ2v) is 10.8. The van der Waals surface area contributed by atoms with Crippen molar-refractivity contribution in [1.29, 1.82) is 5.26 Å². The molecule has 2 aromatic heterocycles. The number of ether oxygens (including phenoxy) is 1. The van der Waals surface area contributed by atoms with Crippen molar-refractivity contribution in [3.8, 4) is 6.07 Å². The maximum Gasteiger partial charge on any atom is 0.331 e. The number of aromatic nitrogens is 4. The average Bonchev–Trinajstić information content (AvgIpc) is 3.65. The summed E-state index contributed by atoms with van der Waals surface area (Å²) in [6.07, 6.45) is 3.78. The zero-order chi connectivity index (χ0) is 24.7. The highest BCUT2D eigenvalue weighted by Crippen LogP contribution is 2.33. The molecule has 1 aliphatic carbocycles. The monoisotopic (exact) mass is 498 g/mol. The Kier molecular flexibility index (Phi) is 6.08. The predicted octanol–water partition coefficient (Wildman–Crippen LogP) is 1.05. The van der Waals surface area contributed by atoms with E-state index in [1.807, 2.05) is 17.6 Å². The van der Waals surface area contributed by atoms with Gasteiger partial charge in [0.05, 0.1) is 35.7 Å². The Morgan fingerprint density at radius 2 is 1.91 bits per heavy atom. The molecule has 5 rings (SSSR count). The van der Waals surface area contributed by atoms with Gasteiger partial charge in [-0.15, -0.1) is 0 Å². The smallest absolute Gasteiger partial charge is 0.331 e. The summed E-state index contributed by atoms with van der Waals surface area (Å²) in [7, 11) is -3.70. The normalized spacial score (nSPS) is 17.0. The zero-order valence-electron chi connectivity index (χ0n) is 19.4. The number of benzene rings is 1. The van der Waals surface area contributed by atoms with Crippen LogP contribution in [0.4, 0.5) is 0 Å². The van der Waals surface area contributed by atoms with Crippen LogP contribution in [0.5, 0.6) is 0 Å². The lowest BCUT2D eigenvalue weighted by molar-refractivity contribution is 0.0730. The van der Waals surface area contributed by atoms with Crippen LogP contribution in [0, 0.1) is 11.3 Å². The number of nitrogens with zero attached hydrogens (tertiary/aromatic N) is 6. The molecule has 2 fully saturated rings. The van der Waals surface area contributed by atoms with E-state index < -0.39 is 21.3 Å². The van der Waals surface area contributed by atoms with E-state index in [0.717, 1.165) is 29.3 Å². The molecule has 12 heteroatoms. The third kappa shape index (κ3) is 4.20. The number of sulfonamides is 1. The lowest BCUT2D eigenvalue weighted by Crippen LogP contribution is -2.41. The molecule has 35 heavy (non-hydrogen) atoms. The van der Waals surface area contributed by atoms with Gasteiger partial charge in [-0.3, -0.25) is 13.9 Å². The molecule has 2 aliphatic rings. The van der Waals surface area contributed by atoms with Crippen molar-refractivity contribution in [2.45, 2.75) is 50.2 Å². The Labute approximate surface area is 201 Å². The standard InChI is InChI=1S/C23H26N6O5S/c1-2-7-27-20-6-5-18(35(32,33)26-8-10-34-11-9-26)12-19(20)25-21(27)15-29-22(30)16(13-24)14-28(23(29)31)17-3-4-17/h5-6,12,14,17H,2-4,7-11,15H2,1H3. The third-order valence-electron chi connectivity index (χ3n) is 6.41. The van der Waals surface area contributed by atoms with Gasteiger partial charge in [-0.05, 0) is 37.5 Å². The number of hydrogen-bond acceptors (Lipinski definition) is 7. The van der Waals surface area contributed by atoms with Crippen LogP contribution in [-0.4, -0.2) is 57.7 Å². The molecule has 11 nitrogen and oxygen atoms in total. The summed E-state index contributed by atoms with van der Waals surface area (Å²) in [5.41, 5.74) is -0.0274. The molecule has 0 bridgehead atoms. The number of morpholine rings is 1. The number of rotatable bonds is 7. The van der Waals surface area contributed by atoms with Crippen LogP contribution in [0.1, 0.15) is 43.6 Å². The van der Waals surface area contributed by atoms with E-state index in [0.29, 0.717) is 44.2 Å². The third-order valence-corrected chi connectivity index (χ3v) is 8.30. The molecule has 3 aromatic rings. The Morgan fingerprint density at radius 1 is 1.17 bits per heavy atom. The molecule has 0 radical (unpaired) electrons. The van der Waals surface area contributed by atoms with Crippen LogP contribution in [0.15, 0.2) is 38.9 Å². The topological polar surface area (TPSA) is 132 Å². The second-order valence-electron chi connectivity index (χ2n) is 8.81. The summed E-state index contributed by atoms with van der Waals surface area (Å²) in [6.45, 7) is 3.75. The largest absolute Gasteiger partial charge is 0.379 e. The minimum atomic E-state index is -3.70. The molecule has 1 aromatic carbocycles. The molecule has 1 aliphatic heterocycles. The summed E-state index contributed by atoms with van der Waals surface area (Å²) in [5.74, 6) is 0.458. The molecule has 0 amide bonds. The van der Waals surface area contributed by atoms with Crippen molar-refractivity contribution in [1.82, 2.24) is 23.0 Å². The average molecular weight is 499 g/mol. The first-order chi connectivity index (χ1) is 16.8. The maximum absolute atomic E-state index is 13.1. The fraction of sp³-hybridized carbons (Fsp3) is 0.478. The number of hydrogen-bond donors (Lipinski definition) is 0. The Morgan fingerprint density at radius 3 is 2.57 bits per heavy atom. The summed E-state index contributed by atoms with van der Waals surface area (Å²) in [5, 5.41) is 9.43. The first-order valence-electron chi connectivity index (χ1n) is 11.7. The van der Waals surface area contributed by atoms with E-state index in [2.05, 4.69) is 4.98 Å². The first kappa shape index (κ1) is 23.5. The van der Waals surface area contributed by atoms with Crippen LogP contribution in [0.25, 0.3) is 11.0 Å². The van der Waals surface area contributed by atoms with Crippen LogP contribution < -0.4 is 11.2 Å². The lowest BCUT2D eigenvalue weighted by atomic mass is 10.3. The van der Waals surface area contributed by atoms with Gasteiger partial charge in [-0.1, -0.05) is 6.92 Å². The molecule has 0 atom stereocenters. The molecule has 1 saturated carbocycles. The minimum Gasteiger partial charge on any atom is -0.379 e. The number of imidazole rings is 1. The van der Waals surface area contributed by atoms with Crippen molar-refractivity contribution >= 4 is 21.1 Å². The SMILES string of the molecule is CCCn1c(Cn2c(=O)c(C#N)cn(C3CC3)c2=O)nc2cc(S(=O)(=O)N3CCOCC3)ccc21. The molecular weight excluding hydrogens is 472 g/mol. The van der Waals surface area contributed by atoms with E-state index in [1.165, 1.54) is 21.1 Å². The molecule has 1 saturated heterocycles. The summed E-state index contributed by atoms with van der Waals surface area (Å²) >= 11 is 0. The van der Waals surface area contributed by atoms with E-state index in [4.69, 9.17) is 4.74 Å². The molecule has 184 valence electrons. The van der Waals surface area contributed by atoms with Crippen LogP contribution >= 0.6 is 0 Å². The van der Waals surface area contributed by atoms with E-state index in [1.54, 1.807) is 12.1 Å².